The molecule has 0 saturated carbocycles. The summed E-state index contributed by atoms with van der Waals surface area (Å²) in [5, 5.41) is 13.8. The minimum Gasteiger partial charge on any atom is -0.388 e. The Bertz CT molecular complexity index is 612. The molecule has 0 spiro atoms. The first-order valence-electron chi connectivity index (χ1n) is 4.95. The average molecular weight is 239 g/mol. The molecule has 82 valence electrons. The van der Waals surface area contributed by atoms with Gasteiger partial charge in [-0.05, 0) is 24.1 Å². The maximum absolute atomic E-state index is 8.90. The summed E-state index contributed by atoms with van der Waals surface area (Å²) in [4.78, 5) is 4.08. The van der Waals surface area contributed by atoms with Crippen LogP contribution in [0, 0.1) is 23.2 Å². The third-order valence-electron chi connectivity index (χ3n) is 2.12. The van der Waals surface area contributed by atoms with Crippen LogP contribution in [-0.2, 0) is 0 Å². The van der Waals surface area contributed by atoms with Crippen molar-refractivity contribution < 1.29 is 0 Å². The van der Waals surface area contributed by atoms with Crippen LogP contribution in [0.1, 0.15) is 16.8 Å². The lowest BCUT2D eigenvalue weighted by Gasteiger charge is -2.00. The van der Waals surface area contributed by atoms with Gasteiger partial charge in [0.25, 0.3) is 0 Å². The first-order chi connectivity index (χ1) is 8.31. The molecular weight excluding hydrogens is 230 g/mol. The maximum atomic E-state index is 8.90. The van der Waals surface area contributed by atoms with Gasteiger partial charge >= 0.3 is 0 Å². The number of nitriles is 1. The third-order valence-corrected chi connectivity index (χ3v) is 2.70. The Kier molecular flexibility index (Phi) is 3.40. The molecule has 0 aliphatic rings. The third kappa shape index (κ3) is 2.84. The monoisotopic (exact) mass is 239 g/mol. The van der Waals surface area contributed by atoms with Crippen molar-refractivity contribution in [3.05, 3.63) is 45.9 Å². The molecule has 0 aliphatic carbocycles. The number of hydrogen-bond donors (Lipinski definition) is 1. The van der Waals surface area contributed by atoms with Crippen LogP contribution in [0.15, 0.2) is 29.1 Å². The van der Waals surface area contributed by atoms with E-state index in [1.807, 2.05) is 18.5 Å². The Morgan fingerprint density at radius 3 is 2.71 bits per heavy atom. The second-order valence-electron chi connectivity index (χ2n) is 3.28. The Hall–Kier alpha value is -2.30. The molecular formula is C13H9N3S. The Morgan fingerprint density at radius 2 is 2.06 bits per heavy atom. The van der Waals surface area contributed by atoms with Crippen molar-refractivity contribution in [2.75, 3.05) is 12.4 Å². The molecule has 17 heavy (non-hydrogen) atoms. The van der Waals surface area contributed by atoms with Gasteiger partial charge in [-0.2, -0.15) is 5.26 Å². The first-order valence-corrected chi connectivity index (χ1v) is 5.89. The maximum Gasteiger partial charge on any atom is 0.124 e. The van der Waals surface area contributed by atoms with Crippen molar-refractivity contribution in [1.29, 1.82) is 5.26 Å². The van der Waals surface area contributed by atoms with E-state index in [9.17, 15) is 0 Å². The lowest BCUT2D eigenvalue weighted by Crippen LogP contribution is -1.90. The zero-order valence-electron chi connectivity index (χ0n) is 9.19. The molecule has 2 aromatic rings. The minimum atomic E-state index is 0.597. The highest BCUT2D eigenvalue weighted by Crippen LogP contribution is 2.13. The van der Waals surface area contributed by atoms with Crippen LogP contribution in [0.4, 0.5) is 5.69 Å². The van der Waals surface area contributed by atoms with Crippen molar-refractivity contribution in [1.82, 2.24) is 4.98 Å². The van der Waals surface area contributed by atoms with Gasteiger partial charge in [0.15, 0.2) is 0 Å². The molecule has 0 amide bonds. The zero-order chi connectivity index (χ0) is 12.1. The summed E-state index contributed by atoms with van der Waals surface area (Å²) in [6.45, 7) is 0. The lowest BCUT2D eigenvalue weighted by molar-refractivity contribution is 1.37. The van der Waals surface area contributed by atoms with Crippen LogP contribution in [-0.4, -0.2) is 12.0 Å². The van der Waals surface area contributed by atoms with Crippen LogP contribution in [0.2, 0.25) is 0 Å². The molecule has 0 atom stereocenters. The van der Waals surface area contributed by atoms with Crippen LogP contribution >= 0.6 is 11.3 Å². The van der Waals surface area contributed by atoms with Crippen LogP contribution in [0.3, 0.4) is 0 Å². The van der Waals surface area contributed by atoms with Gasteiger partial charge in [0.1, 0.15) is 5.69 Å². The topological polar surface area (TPSA) is 48.7 Å². The lowest BCUT2D eigenvalue weighted by atomic mass is 10.1. The number of thiazole rings is 1. The minimum absolute atomic E-state index is 0.597. The van der Waals surface area contributed by atoms with Crippen molar-refractivity contribution in [3.63, 3.8) is 0 Å². The highest BCUT2D eigenvalue weighted by Gasteiger charge is 1.97. The van der Waals surface area contributed by atoms with Crippen molar-refractivity contribution >= 4 is 17.0 Å². The molecule has 1 aromatic heterocycles. The standard InChI is InChI=1S/C13H9N3S/c1-15-13-5-10(4-11(6-13)7-14)2-3-12-8-17-9-16-12/h4-6,8-9,15H,1H3. The SMILES string of the molecule is CNc1cc(C#N)cc(C#Cc2cscn2)c1. The van der Waals surface area contributed by atoms with E-state index in [2.05, 4.69) is 28.2 Å². The summed E-state index contributed by atoms with van der Waals surface area (Å²) in [7, 11) is 1.81. The highest BCUT2D eigenvalue weighted by atomic mass is 32.1. The Morgan fingerprint density at radius 1 is 1.24 bits per heavy atom. The molecule has 0 unspecified atom stereocenters. The van der Waals surface area contributed by atoms with Gasteiger partial charge in [-0.25, -0.2) is 4.98 Å². The van der Waals surface area contributed by atoms with Gasteiger partial charge in [-0.3, -0.25) is 0 Å². The fraction of sp³-hybridized carbons (Fsp3) is 0.0769. The fourth-order valence-corrected chi connectivity index (χ4v) is 1.80. The number of hydrogen-bond acceptors (Lipinski definition) is 4. The van der Waals surface area contributed by atoms with Crippen LogP contribution in [0.5, 0.6) is 0 Å². The summed E-state index contributed by atoms with van der Waals surface area (Å²) in [6.07, 6.45) is 0. The number of aromatic nitrogens is 1. The fourth-order valence-electron chi connectivity index (χ4n) is 1.32. The molecule has 0 bridgehead atoms. The van der Waals surface area contributed by atoms with Gasteiger partial charge in [-0.15, -0.1) is 11.3 Å². The number of benzene rings is 1. The number of rotatable bonds is 1. The quantitative estimate of drug-likeness (QED) is 0.778. The molecule has 1 aromatic carbocycles. The molecule has 0 aliphatic heterocycles. The summed E-state index contributed by atoms with van der Waals surface area (Å²) < 4.78 is 0. The Balaban J connectivity index is 2.36. The van der Waals surface area contributed by atoms with Crippen molar-refractivity contribution in [2.24, 2.45) is 0 Å². The van der Waals surface area contributed by atoms with E-state index in [-0.39, 0.29) is 0 Å². The van der Waals surface area contributed by atoms with Gasteiger partial charge in [0.2, 0.25) is 0 Å². The first kappa shape index (κ1) is 11.2. The van der Waals surface area contributed by atoms with E-state index < -0.39 is 0 Å². The van der Waals surface area contributed by atoms with Gasteiger partial charge in [-0.1, -0.05) is 5.92 Å². The van der Waals surface area contributed by atoms with Crippen LogP contribution in [0.25, 0.3) is 0 Å². The average Bonchev–Trinajstić information content (AvgIpc) is 2.89. The summed E-state index contributed by atoms with van der Waals surface area (Å²) in [5.74, 6) is 5.96. The van der Waals surface area contributed by atoms with E-state index in [0.717, 1.165) is 16.9 Å². The summed E-state index contributed by atoms with van der Waals surface area (Å²) >= 11 is 1.51. The molecule has 2 rings (SSSR count). The molecule has 0 radical (unpaired) electrons. The number of anilines is 1. The second-order valence-corrected chi connectivity index (χ2v) is 4.00. The van der Waals surface area contributed by atoms with Crippen molar-refractivity contribution in [3.8, 4) is 17.9 Å². The molecule has 3 nitrogen and oxygen atoms in total. The second kappa shape index (κ2) is 5.16. The smallest absolute Gasteiger partial charge is 0.124 e. The van der Waals surface area contributed by atoms with Crippen molar-refractivity contribution in [2.45, 2.75) is 0 Å². The van der Waals surface area contributed by atoms with E-state index in [4.69, 9.17) is 5.26 Å². The zero-order valence-corrected chi connectivity index (χ0v) is 10.0. The van der Waals surface area contributed by atoms with Gasteiger partial charge < -0.3 is 5.32 Å². The normalized spacial score (nSPS) is 8.94. The van der Waals surface area contributed by atoms with Gasteiger partial charge in [0, 0.05) is 23.7 Å². The largest absolute Gasteiger partial charge is 0.388 e. The summed E-state index contributed by atoms with van der Waals surface area (Å²) in [6, 6.07) is 7.57. The summed E-state index contributed by atoms with van der Waals surface area (Å²) in [5.41, 5.74) is 4.78. The van der Waals surface area contributed by atoms with E-state index in [1.54, 1.807) is 17.6 Å². The predicted octanol–water partition coefficient (Wildman–Crippen LogP) is 2.46. The van der Waals surface area contributed by atoms with Crippen LogP contribution < -0.4 is 5.32 Å². The molecule has 1 N–H and O–H groups in total. The molecule has 1 heterocycles. The van der Waals surface area contributed by atoms with Gasteiger partial charge in [0.05, 0.1) is 17.1 Å². The predicted molar refractivity (Wildman–Crippen MR) is 68.8 cm³/mol. The van der Waals surface area contributed by atoms with E-state index >= 15 is 0 Å². The Labute approximate surface area is 104 Å². The number of nitrogens with zero attached hydrogens (tertiary/aromatic N) is 2. The number of nitrogens with one attached hydrogen (secondary N) is 1. The van der Waals surface area contributed by atoms with E-state index in [0.29, 0.717) is 5.56 Å². The molecule has 0 fully saturated rings. The van der Waals surface area contributed by atoms with E-state index in [1.165, 1.54) is 11.3 Å². The highest BCUT2D eigenvalue weighted by molar-refractivity contribution is 7.07. The molecule has 0 saturated heterocycles. The molecule has 4 heteroatoms.